The lowest BCUT2D eigenvalue weighted by atomic mass is 10.0. The Hall–Kier alpha value is -2.49. The largest absolute Gasteiger partial charge is 0.504 e. The monoisotopic (exact) mass is 371 g/mol. The number of nitrogens with zero attached hydrogens (tertiary/aromatic N) is 1. The highest BCUT2D eigenvalue weighted by Gasteiger charge is 2.00. The number of rotatable bonds is 10. The van der Waals surface area contributed by atoms with E-state index in [4.69, 9.17) is 5.21 Å². The summed E-state index contributed by atoms with van der Waals surface area (Å²) in [5, 5.41) is 29.5. The van der Waals surface area contributed by atoms with Crippen molar-refractivity contribution in [3.8, 4) is 11.5 Å². The van der Waals surface area contributed by atoms with Crippen LogP contribution in [0.15, 0.2) is 53.7 Å². The first-order valence-corrected chi connectivity index (χ1v) is 9.88. The predicted molar refractivity (Wildman–Crippen MR) is 112 cm³/mol. The van der Waals surface area contributed by atoms with Gasteiger partial charge in [-0.15, -0.1) is 5.16 Å². The molecule has 0 amide bonds. The van der Waals surface area contributed by atoms with E-state index in [2.05, 4.69) is 12.1 Å². The number of hydrogen-bond donors (Lipinski definition) is 3. The molecule has 0 aliphatic carbocycles. The molecule has 4 nitrogen and oxygen atoms in total. The first kappa shape index (κ1) is 22.6. The van der Waals surface area contributed by atoms with E-state index in [1.807, 2.05) is 36.4 Å². The minimum absolute atomic E-state index is 0.00885. The van der Waals surface area contributed by atoms with E-state index >= 15 is 0 Å². The Balaban J connectivity index is 0.000000309. The summed E-state index contributed by atoms with van der Waals surface area (Å²) in [6, 6.07) is 15.0. The van der Waals surface area contributed by atoms with Crippen molar-refractivity contribution in [2.45, 2.75) is 64.7 Å². The van der Waals surface area contributed by atoms with E-state index in [-0.39, 0.29) is 11.5 Å². The topological polar surface area (TPSA) is 73.0 Å². The molecule has 4 heteroatoms. The highest BCUT2D eigenvalue weighted by Crippen LogP contribution is 2.25. The maximum atomic E-state index is 9.35. The molecule has 27 heavy (non-hydrogen) atoms. The van der Waals surface area contributed by atoms with Crippen LogP contribution in [0.25, 0.3) is 0 Å². The Morgan fingerprint density at radius 2 is 1.44 bits per heavy atom. The normalized spacial score (nSPS) is 10.6. The van der Waals surface area contributed by atoms with Crippen molar-refractivity contribution in [3.63, 3.8) is 0 Å². The van der Waals surface area contributed by atoms with Crippen molar-refractivity contribution < 1.29 is 15.4 Å². The molecule has 2 aromatic rings. The molecule has 0 bridgehead atoms. The smallest absolute Gasteiger partial charge is 0.157 e. The van der Waals surface area contributed by atoms with Crippen molar-refractivity contribution in [2.24, 2.45) is 5.16 Å². The fourth-order valence-corrected chi connectivity index (χ4v) is 2.77. The van der Waals surface area contributed by atoms with Crippen molar-refractivity contribution in [1.82, 2.24) is 0 Å². The van der Waals surface area contributed by atoms with E-state index < -0.39 is 0 Å². The zero-order valence-electron chi connectivity index (χ0n) is 16.3. The van der Waals surface area contributed by atoms with Crippen LogP contribution in [0.5, 0.6) is 11.5 Å². The standard InChI is InChI=1S/C15H24O2.C8H9NO/c1-2-3-4-5-6-7-8-9-13-10-11-14(16)15(17)12-13;10-9-7-6-8-4-2-1-3-5-8/h10-12,16-17H,2-9H2,1H3;1-5,7,10H,6H2. The van der Waals surface area contributed by atoms with Crippen LogP contribution in [0, 0.1) is 0 Å². The van der Waals surface area contributed by atoms with Gasteiger partial charge in [0.15, 0.2) is 11.5 Å². The summed E-state index contributed by atoms with van der Waals surface area (Å²) in [6.45, 7) is 2.23. The van der Waals surface area contributed by atoms with E-state index in [9.17, 15) is 10.2 Å². The third-order valence-electron chi connectivity index (χ3n) is 4.36. The number of phenolic OH excluding ortho intramolecular Hbond substituents is 2. The molecule has 0 saturated carbocycles. The van der Waals surface area contributed by atoms with Crippen molar-refractivity contribution in [2.75, 3.05) is 0 Å². The highest BCUT2D eigenvalue weighted by atomic mass is 16.4. The van der Waals surface area contributed by atoms with Gasteiger partial charge in [0.05, 0.1) is 0 Å². The summed E-state index contributed by atoms with van der Waals surface area (Å²) in [7, 11) is 0. The van der Waals surface area contributed by atoms with Gasteiger partial charge in [-0.25, -0.2) is 0 Å². The number of oxime groups is 1. The summed E-state index contributed by atoms with van der Waals surface area (Å²) in [5.41, 5.74) is 2.26. The summed E-state index contributed by atoms with van der Waals surface area (Å²) >= 11 is 0. The molecular formula is C23H33NO3. The SMILES string of the molecule is CCCCCCCCCc1ccc(O)c(O)c1.ON=CCc1ccccc1. The Labute approximate surface area is 163 Å². The minimum Gasteiger partial charge on any atom is -0.504 e. The van der Waals surface area contributed by atoms with E-state index in [1.54, 1.807) is 12.1 Å². The fourth-order valence-electron chi connectivity index (χ4n) is 2.77. The summed E-state index contributed by atoms with van der Waals surface area (Å²) in [6.07, 6.45) is 12.2. The lowest BCUT2D eigenvalue weighted by molar-refractivity contribution is 0.321. The highest BCUT2D eigenvalue weighted by molar-refractivity contribution is 5.60. The van der Waals surface area contributed by atoms with Gasteiger partial charge in [-0.2, -0.15) is 0 Å². The van der Waals surface area contributed by atoms with Gasteiger partial charge in [0, 0.05) is 12.6 Å². The zero-order valence-corrected chi connectivity index (χ0v) is 16.3. The van der Waals surface area contributed by atoms with Gasteiger partial charge in [-0.3, -0.25) is 0 Å². The molecule has 0 aliphatic heterocycles. The molecule has 0 heterocycles. The van der Waals surface area contributed by atoms with Crippen molar-refractivity contribution in [1.29, 1.82) is 0 Å². The molecule has 0 unspecified atom stereocenters. The second-order valence-electron chi connectivity index (χ2n) is 6.68. The Bertz CT molecular complexity index is 641. The molecule has 0 aliphatic rings. The number of hydrogen-bond acceptors (Lipinski definition) is 4. The average Bonchev–Trinajstić information content (AvgIpc) is 2.69. The lowest BCUT2D eigenvalue weighted by Crippen LogP contribution is -1.86. The number of phenols is 2. The molecule has 2 rings (SSSR count). The molecule has 0 fully saturated rings. The van der Waals surface area contributed by atoms with Crippen LogP contribution in [-0.4, -0.2) is 21.6 Å². The van der Waals surface area contributed by atoms with Crippen LogP contribution in [0.1, 0.15) is 63.0 Å². The Morgan fingerprint density at radius 3 is 2.07 bits per heavy atom. The average molecular weight is 372 g/mol. The van der Waals surface area contributed by atoms with Gasteiger partial charge in [0.1, 0.15) is 0 Å². The first-order valence-electron chi connectivity index (χ1n) is 9.88. The van der Waals surface area contributed by atoms with Crippen molar-refractivity contribution >= 4 is 6.21 Å². The molecule has 0 radical (unpaired) electrons. The minimum atomic E-state index is -0.0340. The zero-order chi connectivity index (χ0) is 19.7. The number of aromatic hydroxyl groups is 2. The molecule has 148 valence electrons. The predicted octanol–water partition coefficient (Wildman–Crippen LogP) is 6.08. The van der Waals surface area contributed by atoms with Crippen LogP contribution in [0.2, 0.25) is 0 Å². The van der Waals surface area contributed by atoms with Crippen LogP contribution in [-0.2, 0) is 12.8 Å². The maximum absolute atomic E-state index is 9.35. The maximum Gasteiger partial charge on any atom is 0.157 e. The van der Waals surface area contributed by atoms with Crippen LogP contribution >= 0.6 is 0 Å². The summed E-state index contributed by atoms with van der Waals surface area (Å²) in [4.78, 5) is 0. The van der Waals surface area contributed by atoms with Crippen LogP contribution < -0.4 is 0 Å². The number of benzene rings is 2. The van der Waals surface area contributed by atoms with Gasteiger partial charge >= 0.3 is 0 Å². The van der Waals surface area contributed by atoms with Gasteiger partial charge in [0.25, 0.3) is 0 Å². The van der Waals surface area contributed by atoms with E-state index in [0.29, 0.717) is 6.42 Å². The fraction of sp³-hybridized carbons (Fsp3) is 0.435. The van der Waals surface area contributed by atoms with Gasteiger partial charge < -0.3 is 15.4 Å². The molecule has 2 aromatic carbocycles. The molecule has 3 N–H and O–H groups in total. The van der Waals surface area contributed by atoms with Gasteiger partial charge in [0.2, 0.25) is 0 Å². The van der Waals surface area contributed by atoms with Crippen LogP contribution in [0.3, 0.4) is 0 Å². The van der Waals surface area contributed by atoms with Gasteiger partial charge in [-0.1, -0.05) is 81.8 Å². The number of aryl methyl sites for hydroxylation is 1. The molecular weight excluding hydrogens is 338 g/mol. The second-order valence-corrected chi connectivity index (χ2v) is 6.68. The molecule has 0 aromatic heterocycles. The van der Waals surface area contributed by atoms with Crippen LogP contribution in [0.4, 0.5) is 0 Å². The Kier molecular flexibility index (Phi) is 12.2. The lowest BCUT2D eigenvalue weighted by Gasteiger charge is -2.04. The second kappa shape index (κ2) is 14.7. The number of unbranched alkanes of at least 4 members (excludes halogenated alkanes) is 6. The third-order valence-corrected chi connectivity index (χ3v) is 4.36. The molecule has 0 atom stereocenters. The van der Waals surface area contributed by atoms with E-state index in [1.165, 1.54) is 44.7 Å². The molecule has 0 saturated heterocycles. The summed E-state index contributed by atoms with van der Waals surface area (Å²) in [5.74, 6) is -0.0428. The van der Waals surface area contributed by atoms with E-state index in [0.717, 1.165) is 24.0 Å². The molecule has 0 spiro atoms. The van der Waals surface area contributed by atoms with Gasteiger partial charge in [-0.05, 0) is 36.1 Å². The quantitative estimate of drug-likeness (QED) is 0.156. The van der Waals surface area contributed by atoms with Crippen molar-refractivity contribution in [3.05, 3.63) is 59.7 Å². The summed E-state index contributed by atoms with van der Waals surface area (Å²) < 4.78 is 0. The third kappa shape index (κ3) is 11.0. The first-order chi connectivity index (χ1) is 13.2. The Morgan fingerprint density at radius 1 is 0.778 bits per heavy atom.